The first kappa shape index (κ1) is 15.7. The van der Waals surface area contributed by atoms with Gasteiger partial charge in [-0.2, -0.15) is 0 Å². The Morgan fingerprint density at radius 2 is 2.05 bits per heavy atom. The predicted octanol–water partition coefficient (Wildman–Crippen LogP) is 1.87. The third-order valence-corrected chi connectivity index (χ3v) is 3.97. The maximum atomic E-state index is 12.2. The van der Waals surface area contributed by atoms with Crippen molar-refractivity contribution in [2.24, 2.45) is 5.92 Å². The summed E-state index contributed by atoms with van der Waals surface area (Å²) < 4.78 is 0. The molecule has 1 amide bonds. The first-order valence-corrected chi connectivity index (χ1v) is 7.42. The zero-order valence-electron chi connectivity index (χ0n) is 12.1. The van der Waals surface area contributed by atoms with Crippen LogP contribution in [0.1, 0.15) is 36.0 Å². The van der Waals surface area contributed by atoms with Gasteiger partial charge in [0.1, 0.15) is 0 Å². The molecule has 114 valence electrons. The molecule has 1 aromatic carbocycles. The van der Waals surface area contributed by atoms with E-state index in [2.05, 4.69) is 4.90 Å². The minimum Gasteiger partial charge on any atom is -0.296 e. The van der Waals surface area contributed by atoms with Crippen LogP contribution in [-0.2, 0) is 4.79 Å². The van der Waals surface area contributed by atoms with Crippen LogP contribution in [0.15, 0.2) is 30.3 Å². The molecule has 5 heteroatoms. The van der Waals surface area contributed by atoms with E-state index in [1.54, 1.807) is 5.48 Å². The van der Waals surface area contributed by atoms with Gasteiger partial charge in [0.15, 0.2) is 5.78 Å². The fourth-order valence-electron chi connectivity index (χ4n) is 2.84. The zero-order valence-corrected chi connectivity index (χ0v) is 12.1. The fraction of sp³-hybridized carbons (Fsp3) is 0.500. The van der Waals surface area contributed by atoms with Gasteiger partial charge in [-0.3, -0.25) is 19.7 Å². The number of piperidine rings is 1. The van der Waals surface area contributed by atoms with Crippen molar-refractivity contribution in [3.63, 3.8) is 0 Å². The van der Waals surface area contributed by atoms with Crippen LogP contribution in [0.3, 0.4) is 0 Å². The average molecular weight is 290 g/mol. The molecule has 0 spiro atoms. The molecule has 1 atom stereocenters. The third-order valence-electron chi connectivity index (χ3n) is 3.97. The molecule has 0 radical (unpaired) electrons. The largest absolute Gasteiger partial charge is 0.296 e. The van der Waals surface area contributed by atoms with Crippen LogP contribution < -0.4 is 5.48 Å². The molecular weight excluding hydrogens is 268 g/mol. The second-order valence-corrected chi connectivity index (χ2v) is 5.61. The molecule has 2 N–H and O–H groups in total. The Hall–Kier alpha value is -1.72. The zero-order chi connectivity index (χ0) is 15.1. The number of benzene rings is 1. The Labute approximate surface area is 124 Å². The molecule has 1 saturated heterocycles. The van der Waals surface area contributed by atoms with Crippen molar-refractivity contribution < 1.29 is 14.8 Å². The number of nitrogens with one attached hydrogen (secondary N) is 1. The van der Waals surface area contributed by atoms with Crippen molar-refractivity contribution >= 4 is 11.7 Å². The van der Waals surface area contributed by atoms with Crippen molar-refractivity contribution in [3.8, 4) is 0 Å². The van der Waals surface area contributed by atoms with Crippen LogP contribution in [-0.4, -0.2) is 41.4 Å². The van der Waals surface area contributed by atoms with E-state index >= 15 is 0 Å². The Morgan fingerprint density at radius 1 is 1.29 bits per heavy atom. The molecule has 0 aliphatic carbocycles. The van der Waals surface area contributed by atoms with E-state index in [1.165, 1.54) is 0 Å². The van der Waals surface area contributed by atoms with E-state index in [-0.39, 0.29) is 11.7 Å². The number of carbonyl (C=O) groups is 2. The average Bonchev–Trinajstić information content (AvgIpc) is 2.53. The number of amides is 1. The summed E-state index contributed by atoms with van der Waals surface area (Å²) in [6, 6.07) is 9.34. The van der Waals surface area contributed by atoms with Gasteiger partial charge in [0.05, 0.1) is 6.54 Å². The lowest BCUT2D eigenvalue weighted by Gasteiger charge is -2.32. The topological polar surface area (TPSA) is 69.6 Å². The summed E-state index contributed by atoms with van der Waals surface area (Å²) in [7, 11) is 0. The summed E-state index contributed by atoms with van der Waals surface area (Å²) in [6.07, 6.45) is 3.21. The van der Waals surface area contributed by atoms with E-state index < -0.39 is 0 Å². The van der Waals surface area contributed by atoms with Gasteiger partial charge in [0, 0.05) is 18.5 Å². The molecule has 1 unspecified atom stereocenters. The number of nitrogens with zero attached hydrogens (tertiary/aromatic N) is 1. The lowest BCUT2D eigenvalue weighted by Crippen LogP contribution is -2.39. The summed E-state index contributed by atoms with van der Waals surface area (Å²) in [5.74, 6) is 0.219. The Kier molecular flexibility index (Phi) is 5.90. The first-order valence-electron chi connectivity index (χ1n) is 7.42. The van der Waals surface area contributed by atoms with Crippen LogP contribution in [0.5, 0.6) is 0 Å². The van der Waals surface area contributed by atoms with E-state index in [0.717, 1.165) is 37.9 Å². The highest BCUT2D eigenvalue weighted by atomic mass is 16.5. The molecule has 1 fully saturated rings. The van der Waals surface area contributed by atoms with Crippen molar-refractivity contribution in [2.45, 2.75) is 25.7 Å². The summed E-state index contributed by atoms with van der Waals surface area (Å²) in [5, 5.41) is 8.51. The smallest absolute Gasteiger partial charge is 0.243 e. The van der Waals surface area contributed by atoms with Gasteiger partial charge in [0.2, 0.25) is 5.91 Å². The molecule has 1 aliphatic rings. The lowest BCUT2D eigenvalue weighted by atomic mass is 9.93. The molecule has 1 heterocycles. The highest BCUT2D eigenvalue weighted by Gasteiger charge is 2.22. The van der Waals surface area contributed by atoms with Crippen LogP contribution in [0.2, 0.25) is 0 Å². The standard InChI is InChI=1S/C16H22N2O3/c19-15(14-6-2-1-3-7-14)12-18-10-4-5-13(11-18)8-9-16(20)17-21/h1-3,6-7,13,21H,4-5,8-12H2,(H,17,20). The van der Waals surface area contributed by atoms with E-state index in [0.29, 0.717) is 18.9 Å². The maximum Gasteiger partial charge on any atom is 0.243 e. The molecule has 21 heavy (non-hydrogen) atoms. The van der Waals surface area contributed by atoms with Crippen molar-refractivity contribution in [1.29, 1.82) is 0 Å². The number of hydrogen-bond donors (Lipinski definition) is 2. The molecule has 0 bridgehead atoms. The highest BCUT2D eigenvalue weighted by Crippen LogP contribution is 2.21. The number of likely N-dealkylation sites (tertiary alicyclic amines) is 1. The summed E-state index contributed by atoms with van der Waals surface area (Å²) >= 11 is 0. The van der Waals surface area contributed by atoms with Crippen molar-refractivity contribution in [1.82, 2.24) is 10.4 Å². The Bertz CT molecular complexity index is 476. The van der Waals surface area contributed by atoms with Gasteiger partial charge < -0.3 is 0 Å². The maximum absolute atomic E-state index is 12.2. The molecule has 1 aliphatic heterocycles. The molecule has 2 rings (SSSR count). The minimum atomic E-state index is -0.340. The number of carbonyl (C=O) groups excluding carboxylic acids is 2. The molecule has 0 aromatic heterocycles. The van der Waals surface area contributed by atoms with Gasteiger partial charge in [-0.25, -0.2) is 5.48 Å². The number of hydroxylamine groups is 1. The number of Topliss-reactive ketones (excluding diaryl/α,β-unsaturated/α-hetero) is 1. The highest BCUT2D eigenvalue weighted by molar-refractivity contribution is 5.97. The summed E-state index contributed by atoms with van der Waals surface area (Å²) in [4.78, 5) is 25.4. The Morgan fingerprint density at radius 3 is 2.76 bits per heavy atom. The molecule has 5 nitrogen and oxygen atoms in total. The Balaban J connectivity index is 1.81. The van der Waals surface area contributed by atoms with Crippen molar-refractivity contribution in [2.75, 3.05) is 19.6 Å². The third kappa shape index (κ3) is 4.95. The van der Waals surface area contributed by atoms with E-state index in [1.807, 2.05) is 30.3 Å². The normalized spacial score (nSPS) is 19.2. The monoisotopic (exact) mass is 290 g/mol. The predicted molar refractivity (Wildman–Crippen MR) is 79.1 cm³/mol. The lowest BCUT2D eigenvalue weighted by molar-refractivity contribution is -0.129. The molecule has 0 saturated carbocycles. The second kappa shape index (κ2) is 7.90. The number of hydrogen-bond acceptors (Lipinski definition) is 4. The molecular formula is C16H22N2O3. The van der Waals surface area contributed by atoms with Gasteiger partial charge >= 0.3 is 0 Å². The van der Waals surface area contributed by atoms with E-state index in [4.69, 9.17) is 5.21 Å². The van der Waals surface area contributed by atoms with Gasteiger partial charge in [-0.1, -0.05) is 30.3 Å². The SMILES string of the molecule is O=C(CCC1CCCN(CC(=O)c2ccccc2)C1)NO. The van der Waals surface area contributed by atoms with Gasteiger partial charge in [-0.05, 0) is 31.7 Å². The number of ketones is 1. The summed E-state index contributed by atoms with van der Waals surface area (Å²) in [5.41, 5.74) is 2.41. The second-order valence-electron chi connectivity index (χ2n) is 5.61. The minimum absolute atomic E-state index is 0.143. The van der Waals surface area contributed by atoms with Gasteiger partial charge in [-0.15, -0.1) is 0 Å². The van der Waals surface area contributed by atoms with Gasteiger partial charge in [0.25, 0.3) is 0 Å². The number of rotatable bonds is 6. The van der Waals surface area contributed by atoms with Crippen LogP contribution >= 0.6 is 0 Å². The quantitative estimate of drug-likeness (QED) is 0.477. The summed E-state index contributed by atoms with van der Waals surface area (Å²) in [6.45, 7) is 2.21. The van der Waals surface area contributed by atoms with Crippen molar-refractivity contribution in [3.05, 3.63) is 35.9 Å². The van der Waals surface area contributed by atoms with E-state index in [9.17, 15) is 9.59 Å². The first-order chi connectivity index (χ1) is 10.2. The van der Waals surface area contributed by atoms with Crippen LogP contribution in [0.25, 0.3) is 0 Å². The van der Waals surface area contributed by atoms with Crippen LogP contribution in [0.4, 0.5) is 0 Å². The van der Waals surface area contributed by atoms with Crippen LogP contribution in [0, 0.1) is 5.92 Å². The molecule has 1 aromatic rings. The fourth-order valence-corrected chi connectivity index (χ4v) is 2.84.